The molecule has 1 aromatic heterocycles. The highest BCUT2D eigenvalue weighted by atomic mass is 32.1. The van der Waals surface area contributed by atoms with Crippen LogP contribution < -0.4 is 10.1 Å². The first kappa shape index (κ1) is 23.7. The van der Waals surface area contributed by atoms with E-state index >= 15 is 0 Å². The summed E-state index contributed by atoms with van der Waals surface area (Å²) in [6.07, 6.45) is 3.02. The smallest absolute Gasteiger partial charge is 0.341 e. The lowest BCUT2D eigenvalue weighted by atomic mass is 10.0. The molecule has 170 valence electrons. The lowest BCUT2D eigenvalue weighted by molar-refractivity contribution is -0.384. The van der Waals surface area contributed by atoms with Gasteiger partial charge in [-0.1, -0.05) is 12.1 Å². The lowest BCUT2D eigenvalue weighted by Crippen LogP contribution is -2.12. The van der Waals surface area contributed by atoms with Crippen molar-refractivity contribution in [2.75, 3.05) is 19.0 Å². The molecular formula is C24H22N2O6S. The van der Waals surface area contributed by atoms with Gasteiger partial charge < -0.3 is 14.8 Å². The first-order valence-electron chi connectivity index (χ1n) is 10.0. The van der Waals surface area contributed by atoms with Gasteiger partial charge in [0, 0.05) is 28.6 Å². The number of nitrogens with zero attached hydrogens (tertiary/aromatic N) is 1. The average Bonchev–Trinajstić information content (AvgIpc) is 3.13. The van der Waals surface area contributed by atoms with Crippen molar-refractivity contribution < 1.29 is 24.0 Å². The van der Waals surface area contributed by atoms with Crippen molar-refractivity contribution in [3.63, 3.8) is 0 Å². The standard InChI is InChI=1S/C24H22N2O6S/c1-4-32-24(28)22-21(17-8-10-18(11-9-17)26(29)30)15(2)33-23(22)25-20(27)14-7-16-5-12-19(31-3)13-6-16/h5-14H,4H2,1-3H3,(H,25,27). The largest absolute Gasteiger partial charge is 0.497 e. The van der Waals surface area contributed by atoms with Crippen molar-refractivity contribution in [2.45, 2.75) is 13.8 Å². The summed E-state index contributed by atoms with van der Waals surface area (Å²) in [6.45, 7) is 3.67. The van der Waals surface area contributed by atoms with Gasteiger partial charge >= 0.3 is 5.97 Å². The maximum Gasteiger partial charge on any atom is 0.341 e. The molecule has 0 spiro atoms. The number of rotatable bonds is 8. The zero-order chi connectivity index (χ0) is 24.0. The summed E-state index contributed by atoms with van der Waals surface area (Å²) in [5, 5.41) is 14.1. The molecule has 0 aliphatic heterocycles. The van der Waals surface area contributed by atoms with Gasteiger partial charge in [-0.25, -0.2) is 4.79 Å². The van der Waals surface area contributed by atoms with Crippen molar-refractivity contribution in [1.29, 1.82) is 0 Å². The molecule has 9 heteroatoms. The van der Waals surface area contributed by atoms with Gasteiger partial charge in [-0.15, -0.1) is 11.3 Å². The number of methoxy groups -OCH3 is 1. The minimum Gasteiger partial charge on any atom is -0.497 e. The number of hydrogen-bond donors (Lipinski definition) is 1. The summed E-state index contributed by atoms with van der Waals surface area (Å²) >= 11 is 1.24. The molecule has 1 heterocycles. The van der Waals surface area contributed by atoms with Gasteiger partial charge in [0.2, 0.25) is 5.91 Å². The Bertz CT molecular complexity index is 1200. The SMILES string of the molecule is CCOC(=O)c1c(NC(=O)C=Cc2ccc(OC)cc2)sc(C)c1-c1ccc([N+](=O)[O-])cc1. The van der Waals surface area contributed by atoms with Gasteiger partial charge in [0.25, 0.3) is 5.69 Å². The Morgan fingerprint density at radius 1 is 1.12 bits per heavy atom. The Labute approximate surface area is 194 Å². The highest BCUT2D eigenvalue weighted by molar-refractivity contribution is 7.17. The Kier molecular flexibility index (Phi) is 7.57. The summed E-state index contributed by atoms with van der Waals surface area (Å²) < 4.78 is 10.3. The summed E-state index contributed by atoms with van der Waals surface area (Å²) in [5.41, 5.74) is 2.17. The second kappa shape index (κ2) is 10.6. The van der Waals surface area contributed by atoms with Crippen molar-refractivity contribution in [3.05, 3.63) is 80.7 Å². The van der Waals surface area contributed by atoms with Gasteiger partial charge in [-0.3, -0.25) is 14.9 Å². The zero-order valence-corrected chi connectivity index (χ0v) is 19.1. The van der Waals surface area contributed by atoms with E-state index in [-0.39, 0.29) is 17.9 Å². The van der Waals surface area contributed by atoms with E-state index in [9.17, 15) is 19.7 Å². The van der Waals surface area contributed by atoms with E-state index in [2.05, 4.69) is 5.32 Å². The number of nitro benzene ring substituents is 1. The third-order valence-electron chi connectivity index (χ3n) is 4.71. The fraction of sp³-hybridized carbons (Fsp3) is 0.167. The summed E-state index contributed by atoms with van der Waals surface area (Å²) in [6, 6.07) is 13.1. The Morgan fingerprint density at radius 2 is 1.79 bits per heavy atom. The van der Waals surface area contributed by atoms with Crippen molar-refractivity contribution in [2.24, 2.45) is 0 Å². The van der Waals surface area contributed by atoms with Crippen LogP contribution in [0.1, 0.15) is 27.7 Å². The molecule has 0 radical (unpaired) electrons. The topological polar surface area (TPSA) is 108 Å². The van der Waals surface area contributed by atoms with E-state index in [1.54, 1.807) is 44.4 Å². The van der Waals surface area contributed by atoms with Crippen molar-refractivity contribution in [1.82, 2.24) is 0 Å². The molecule has 1 amide bonds. The summed E-state index contributed by atoms with van der Waals surface area (Å²) in [5.74, 6) is -0.277. The van der Waals surface area contributed by atoms with E-state index in [1.165, 1.54) is 29.5 Å². The van der Waals surface area contributed by atoms with E-state index < -0.39 is 16.8 Å². The fourth-order valence-electron chi connectivity index (χ4n) is 3.17. The number of esters is 1. The molecule has 0 bridgehead atoms. The molecule has 2 aromatic carbocycles. The van der Waals surface area contributed by atoms with Crippen LogP contribution in [0.2, 0.25) is 0 Å². The molecule has 1 N–H and O–H groups in total. The number of carbonyl (C=O) groups excluding carboxylic acids is 2. The van der Waals surface area contributed by atoms with Crippen molar-refractivity contribution in [3.8, 4) is 16.9 Å². The van der Waals surface area contributed by atoms with E-state index in [0.29, 0.717) is 21.9 Å². The maximum atomic E-state index is 12.8. The predicted octanol–water partition coefficient (Wildman–Crippen LogP) is 5.47. The first-order valence-corrected chi connectivity index (χ1v) is 10.8. The highest BCUT2D eigenvalue weighted by Crippen LogP contribution is 2.40. The van der Waals surface area contributed by atoms with E-state index in [4.69, 9.17) is 9.47 Å². The molecule has 0 aliphatic rings. The summed E-state index contributed by atoms with van der Waals surface area (Å²) in [7, 11) is 1.58. The molecule has 3 aromatic rings. The molecule has 8 nitrogen and oxygen atoms in total. The number of nitro groups is 1. The van der Waals surface area contributed by atoms with Gasteiger partial charge in [0.15, 0.2) is 0 Å². The van der Waals surface area contributed by atoms with Gasteiger partial charge in [0.1, 0.15) is 16.3 Å². The Balaban J connectivity index is 1.91. The number of nitrogens with one attached hydrogen (secondary N) is 1. The third kappa shape index (κ3) is 5.64. The quantitative estimate of drug-likeness (QED) is 0.204. The van der Waals surface area contributed by atoms with Crippen LogP contribution in [0.15, 0.2) is 54.6 Å². The molecule has 33 heavy (non-hydrogen) atoms. The number of ether oxygens (including phenoxy) is 2. The second-order valence-corrected chi connectivity index (χ2v) is 8.08. The average molecular weight is 467 g/mol. The number of hydrogen-bond acceptors (Lipinski definition) is 7. The number of non-ortho nitro benzene ring substituents is 1. The molecule has 0 unspecified atom stereocenters. The lowest BCUT2D eigenvalue weighted by Gasteiger charge is -2.08. The van der Waals surface area contributed by atoms with Crippen LogP contribution in [-0.4, -0.2) is 30.5 Å². The molecule has 0 fully saturated rings. The minimum atomic E-state index is -0.579. The molecule has 0 atom stereocenters. The highest BCUT2D eigenvalue weighted by Gasteiger charge is 2.25. The number of anilines is 1. The number of aryl methyl sites for hydroxylation is 1. The number of amides is 1. The van der Waals surface area contributed by atoms with Crippen molar-refractivity contribution >= 4 is 40.0 Å². The van der Waals surface area contributed by atoms with Crippen LogP contribution >= 0.6 is 11.3 Å². The summed E-state index contributed by atoms with van der Waals surface area (Å²) in [4.78, 5) is 36.6. The van der Waals surface area contributed by atoms with Crippen LogP contribution in [0.3, 0.4) is 0 Å². The fourth-order valence-corrected chi connectivity index (χ4v) is 4.24. The van der Waals surface area contributed by atoms with Crippen LogP contribution in [-0.2, 0) is 9.53 Å². The van der Waals surface area contributed by atoms with Crippen LogP contribution in [0.25, 0.3) is 17.2 Å². The Morgan fingerprint density at radius 3 is 2.36 bits per heavy atom. The number of benzene rings is 2. The van der Waals surface area contributed by atoms with Gasteiger partial charge in [-0.05, 0) is 55.3 Å². The first-order chi connectivity index (χ1) is 15.8. The zero-order valence-electron chi connectivity index (χ0n) is 18.3. The van der Waals surface area contributed by atoms with E-state index in [0.717, 1.165) is 10.4 Å². The molecular weight excluding hydrogens is 444 g/mol. The number of thiophene rings is 1. The normalized spacial score (nSPS) is 10.8. The third-order valence-corrected chi connectivity index (χ3v) is 5.73. The van der Waals surface area contributed by atoms with Crippen LogP contribution in [0.4, 0.5) is 10.7 Å². The predicted molar refractivity (Wildman–Crippen MR) is 128 cm³/mol. The molecule has 0 saturated carbocycles. The monoisotopic (exact) mass is 466 g/mol. The van der Waals surface area contributed by atoms with Gasteiger partial charge in [-0.2, -0.15) is 0 Å². The Hall–Kier alpha value is -3.98. The number of carbonyl (C=O) groups is 2. The maximum absolute atomic E-state index is 12.8. The second-order valence-electron chi connectivity index (χ2n) is 6.86. The van der Waals surface area contributed by atoms with Crippen LogP contribution in [0, 0.1) is 17.0 Å². The molecule has 0 saturated heterocycles. The molecule has 0 aliphatic carbocycles. The molecule has 3 rings (SSSR count). The van der Waals surface area contributed by atoms with E-state index in [1.807, 2.05) is 19.1 Å². The minimum absolute atomic E-state index is 0.0542. The van der Waals surface area contributed by atoms with Gasteiger partial charge in [0.05, 0.1) is 18.6 Å². The van der Waals surface area contributed by atoms with Crippen LogP contribution in [0.5, 0.6) is 5.75 Å².